The van der Waals surface area contributed by atoms with Gasteiger partial charge in [-0.3, -0.25) is 0 Å². The van der Waals surface area contributed by atoms with Crippen LogP contribution in [0.4, 0.5) is 5.69 Å². The lowest BCUT2D eigenvalue weighted by Gasteiger charge is -2.06. The molecular formula is C13H16N2O3. The molecule has 0 bridgehead atoms. The molecule has 0 radical (unpaired) electrons. The normalized spacial score (nSPS) is 19.7. The SMILES string of the molecule is Nc1cccc2oc(COCC3CCOC3)nc12. The molecule has 0 aliphatic carbocycles. The van der Waals surface area contributed by atoms with Crippen LogP contribution in [0.2, 0.25) is 0 Å². The summed E-state index contributed by atoms with van der Waals surface area (Å²) in [6.07, 6.45) is 1.07. The Balaban J connectivity index is 1.62. The molecule has 1 saturated heterocycles. The number of benzene rings is 1. The molecule has 0 saturated carbocycles. The summed E-state index contributed by atoms with van der Waals surface area (Å²) in [5.74, 6) is 1.07. The molecule has 1 aromatic heterocycles. The van der Waals surface area contributed by atoms with Crippen LogP contribution in [0.25, 0.3) is 11.1 Å². The van der Waals surface area contributed by atoms with Gasteiger partial charge >= 0.3 is 0 Å². The van der Waals surface area contributed by atoms with E-state index in [1.165, 1.54) is 0 Å². The minimum atomic E-state index is 0.380. The molecule has 1 atom stereocenters. The highest BCUT2D eigenvalue weighted by molar-refractivity contribution is 5.85. The fourth-order valence-electron chi connectivity index (χ4n) is 2.11. The summed E-state index contributed by atoms with van der Waals surface area (Å²) in [4.78, 5) is 4.33. The Kier molecular flexibility index (Phi) is 3.17. The maximum Gasteiger partial charge on any atom is 0.221 e. The molecule has 0 spiro atoms. The van der Waals surface area contributed by atoms with Crippen LogP contribution in [0, 0.1) is 5.92 Å². The smallest absolute Gasteiger partial charge is 0.221 e. The number of fused-ring (bicyclic) bond motifs is 1. The van der Waals surface area contributed by atoms with E-state index in [0.717, 1.165) is 19.6 Å². The van der Waals surface area contributed by atoms with Gasteiger partial charge in [0.15, 0.2) is 5.58 Å². The number of ether oxygens (including phenoxy) is 2. The van der Waals surface area contributed by atoms with E-state index in [0.29, 0.717) is 41.8 Å². The Morgan fingerprint density at radius 2 is 2.39 bits per heavy atom. The minimum absolute atomic E-state index is 0.380. The Hall–Kier alpha value is -1.59. The Morgan fingerprint density at radius 1 is 1.44 bits per heavy atom. The van der Waals surface area contributed by atoms with Gasteiger partial charge in [-0.25, -0.2) is 4.98 Å². The van der Waals surface area contributed by atoms with Crippen molar-refractivity contribution in [2.45, 2.75) is 13.0 Å². The summed E-state index contributed by atoms with van der Waals surface area (Å²) < 4.78 is 16.5. The van der Waals surface area contributed by atoms with E-state index >= 15 is 0 Å². The third kappa shape index (κ3) is 2.32. The number of aromatic nitrogens is 1. The van der Waals surface area contributed by atoms with Crippen molar-refractivity contribution in [2.75, 3.05) is 25.6 Å². The number of rotatable bonds is 4. The third-order valence-electron chi connectivity index (χ3n) is 3.10. The highest BCUT2D eigenvalue weighted by Crippen LogP contribution is 2.21. The molecule has 1 aliphatic rings. The van der Waals surface area contributed by atoms with Gasteiger partial charge in [0.05, 0.1) is 18.9 Å². The number of nitrogens with zero attached hydrogens (tertiary/aromatic N) is 1. The summed E-state index contributed by atoms with van der Waals surface area (Å²) in [5, 5.41) is 0. The fraction of sp³-hybridized carbons (Fsp3) is 0.462. The molecule has 1 fully saturated rings. The van der Waals surface area contributed by atoms with Crippen molar-refractivity contribution >= 4 is 16.8 Å². The van der Waals surface area contributed by atoms with Crippen LogP contribution < -0.4 is 5.73 Å². The van der Waals surface area contributed by atoms with Gasteiger partial charge in [0.1, 0.15) is 12.1 Å². The van der Waals surface area contributed by atoms with Crippen LogP contribution in [0.3, 0.4) is 0 Å². The predicted molar refractivity (Wildman–Crippen MR) is 67.0 cm³/mol. The molecule has 1 aromatic carbocycles. The quantitative estimate of drug-likeness (QED) is 0.837. The van der Waals surface area contributed by atoms with Crippen molar-refractivity contribution in [1.82, 2.24) is 4.98 Å². The average Bonchev–Trinajstić information content (AvgIpc) is 2.98. The van der Waals surface area contributed by atoms with E-state index in [-0.39, 0.29) is 0 Å². The third-order valence-corrected chi connectivity index (χ3v) is 3.10. The average molecular weight is 248 g/mol. The van der Waals surface area contributed by atoms with Crippen molar-refractivity contribution in [3.63, 3.8) is 0 Å². The lowest BCUT2D eigenvalue weighted by atomic mass is 10.1. The molecule has 5 nitrogen and oxygen atoms in total. The summed E-state index contributed by atoms with van der Waals surface area (Å²) >= 11 is 0. The second-order valence-corrected chi connectivity index (χ2v) is 4.55. The van der Waals surface area contributed by atoms with Crippen LogP contribution in [0.5, 0.6) is 0 Å². The summed E-state index contributed by atoms with van der Waals surface area (Å²) in [6, 6.07) is 5.52. The lowest BCUT2D eigenvalue weighted by Crippen LogP contribution is -2.09. The van der Waals surface area contributed by atoms with E-state index in [1.807, 2.05) is 18.2 Å². The topological polar surface area (TPSA) is 70.5 Å². The van der Waals surface area contributed by atoms with E-state index < -0.39 is 0 Å². The lowest BCUT2D eigenvalue weighted by molar-refractivity contribution is 0.0674. The van der Waals surface area contributed by atoms with Crippen LogP contribution in [0.1, 0.15) is 12.3 Å². The number of hydrogen-bond donors (Lipinski definition) is 1. The molecule has 0 amide bonds. The van der Waals surface area contributed by atoms with E-state index in [4.69, 9.17) is 19.6 Å². The van der Waals surface area contributed by atoms with Crippen LogP contribution in [0.15, 0.2) is 22.6 Å². The maximum absolute atomic E-state index is 5.82. The number of oxazole rings is 1. The number of nitrogens with two attached hydrogens (primary N) is 1. The Labute approximate surface area is 105 Å². The first-order valence-corrected chi connectivity index (χ1v) is 6.12. The minimum Gasteiger partial charge on any atom is -0.438 e. The van der Waals surface area contributed by atoms with Gasteiger partial charge in [0, 0.05) is 12.5 Å². The van der Waals surface area contributed by atoms with Crippen molar-refractivity contribution in [3.05, 3.63) is 24.1 Å². The summed E-state index contributed by atoms with van der Waals surface area (Å²) in [6.45, 7) is 2.70. The number of hydrogen-bond acceptors (Lipinski definition) is 5. The van der Waals surface area contributed by atoms with Crippen LogP contribution >= 0.6 is 0 Å². The largest absolute Gasteiger partial charge is 0.438 e. The molecule has 1 aliphatic heterocycles. The first-order valence-electron chi connectivity index (χ1n) is 6.12. The second kappa shape index (κ2) is 4.96. The van der Waals surface area contributed by atoms with Crippen LogP contribution in [-0.2, 0) is 16.1 Å². The monoisotopic (exact) mass is 248 g/mol. The zero-order valence-corrected chi connectivity index (χ0v) is 10.1. The van der Waals surface area contributed by atoms with Crippen LogP contribution in [-0.4, -0.2) is 24.8 Å². The molecule has 5 heteroatoms. The molecule has 1 unspecified atom stereocenters. The van der Waals surface area contributed by atoms with Gasteiger partial charge in [-0.1, -0.05) is 6.07 Å². The van der Waals surface area contributed by atoms with Gasteiger partial charge in [-0.05, 0) is 18.6 Å². The van der Waals surface area contributed by atoms with Gasteiger partial charge in [0.2, 0.25) is 5.89 Å². The zero-order chi connectivity index (χ0) is 12.4. The van der Waals surface area contributed by atoms with Gasteiger partial charge < -0.3 is 19.6 Å². The van der Waals surface area contributed by atoms with E-state index in [9.17, 15) is 0 Å². The zero-order valence-electron chi connectivity index (χ0n) is 10.1. The summed E-state index contributed by atoms with van der Waals surface area (Å²) in [7, 11) is 0. The highest BCUT2D eigenvalue weighted by Gasteiger charge is 2.16. The van der Waals surface area contributed by atoms with Crippen molar-refractivity contribution < 1.29 is 13.9 Å². The first kappa shape index (κ1) is 11.5. The molecule has 2 heterocycles. The van der Waals surface area contributed by atoms with E-state index in [2.05, 4.69) is 4.98 Å². The predicted octanol–water partition coefficient (Wildman–Crippen LogP) is 1.96. The molecule has 2 N–H and O–H groups in total. The van der Waals surface area contributed by atoms with Crippen molar-refractivity contribution in [3.8, 4) is 0 Å². The molecule has 18 heavy (non-hydrogen) atoms. The van der Waals surface area contributed by atoms with Gasteiger partial charge in [-0.15, -0.1) is 0 Å². The number of anilines is 1. The molecule has 3 rings (SSSR count). The second-order valence-electron chi connectivity index (χ2n) is 4.55. The maximum atomic E-state index is 5.82. The Morgan fingerprint density at radius 3 is 3.17 bits per heavy atom. The molecule has 96 valence electrons. The van der Waals surface area contributed by atoms with E-state index in [1.54, 1.807) is 0 Å². The van der Waals surface area contributed by atoms with Gasteiger partial charge in [0.25, 0.3) is 0 Å². The Bertz CT molecular complexity index is 532. The van der Waals surface area contributed by atoms with Crippen molar-refractivity contribution in [1.29, 1.82) is 0 Å². The highest BCUT2D eigenvalue weighted by atomic mass is 16.5. The number of para-hydroxylation sites is 1. The standard InChI is InChI=1S/C13H16N2O3/c14-10-2-1-3-11-13(10)15-12(18-11)8-17-7-9-4-5-16-6-9/h1-3,9H,4-8,14H2. The first-order chi connectivity index (χ1) is 8.83. The summed E-state index contributed by atoms with van der Waals surface area (Å²) in [5.41, 5.74) is 7.86. The number of nitrogen functional groups attached to an aromatic ring is 1. The van der Waals surface area contributed by atoms with Crippen molar-refractivity contribution in [2.24, 2.45) is 5.92 Å². The molecule has 2 aromatic rings. The molecular weight excluding hydrogens is 232 g/mol. The van der Waals surface area contributed by atoms with Gasteiger partial charge in [-0.2, -0.15) is 0 Å². The fourth-order valence-corrected chi connectivity index (χ4v) is 2.11.